The van der Waals surface area contributed by atoms with E-state index in [4.69, 9.17) is 10.6 Å². The number of aromatic nitrogens is 2. The van der Waals surface area contributed by atoms with Crippen LogP contribution in [0.2, 0.25) is 0 Å². The van der Waals surface area contributed by atoms with Crippen LogP contribution in [-0.4, -0.2) is 22.2 Å². The highest BCUT2D eigenvalue weighted by molar-refractivity contribution is 5.69. The zero-order valence-corrected chi connectivity index (χ0v) is 7.35. The van der Waals surface area contributed by atoms with E-state index in [2.05, 4.69) is 4.98 Å². The minimum Gasteiger partial charge on any atom is -0.336 e. The summed E-state index contributed by atoms with van der Waals surface area (Å²) < 4.78 is 1.28. The summed E-state index contributed by atoms with van der Waals surface area (Å²) in [6.07, 6.45) is 6.56. The van der Waals surface area contributed by atoms with E-state index in [1.807, 2.05) is 0 Å². The van der Waals surface area contributed by atoms with E-state index >= 15 is 0 Å². The molecule has 0 aliphatic carbocycles. The van der Waals surface area contributed by atoms with Gasteiger partial charge in [-0.25, -0.2) is 9.78 Å². The minimum absolute atomic E-state index is 0.258. The van der Waals surface area contributed by atoms with Crippen molar-refractivity contribution in [3.63, 3.8) is 0 Å². The molecular weight excluding hydrogens is 170 g/mol. The van der Waals surface area contributed by atoms with Crippen LogP contribution < -0.4 is 10.6 Å². The number of imidazole rings is 1. The first-order valence-electron chi connectivity index (χ1n) is 4.22. The first kappa shape index (κ1) is 9.73. The van der Waals surface area contributed by atoms with Crippen molar-refractivity contribution in [3.8, 4) is 0 Å². The average molecular weight is 183 g/mol. The third-order valence-corrected chi connectivity index (χ3v) is 1.52. The summed E-state index contributed by atoms with van der Waals surface area (Å²) in [5.74, 6) is -0.258. The molecule has 0 spiro atoms. The lowest BCUT2D eigenvalue weighted by molar-refractivity contribution is -0.144. The molecule has 1 heterocycles. The summed E-state index contributed by atoms with van der Waals surface area (Å²) in [6, 6.07) is 0. The summed E-state index contributed by atoms with van der Waals surface area (Å²) in [4.78, 5) is 19.7. The van der Waals surface area contributed by atoms with E-state index in [0.717, 1.165) is 12.8 Å². The fourth-order valence-electron chi connectivity index (χ4n) is 0.878. The summed E-state index contributed by atoms with van der Waals surface area (Å²) in [7, 11) is 0. The zero-order chi connectivity index (χ0) is 9.52. The Kier molecular flexibility index (Phi) is 3.98. The van der Waals surface area contributed by atoms with Crippen molar-refractivity contribution in [1.82, 2.24) is 9.71 Å². The molecule has 2 N–H and O–H groups in total. The predicted octanol–water partition coefficient (Wildman–Crippen LogP) is -0.0327. The van der Waals surface area contributed by atoms with Gasteiger partial charge < -0.3 is 10.6 Å². The number of nitrogens with two attached hydrogens (primary N) is 1. The summed E-state index contributed by atoms with van der Waals surface area (Å²) in [6.45, 7) is 0.609. The molecule has 72 valence electrons. The monoisotopic (exact) mass is 183 g/mol. The maximum atomic E-state index is 11.1. The van der Waals surface area contributed by atoms with Crippen LogP contribution >= 0.6 is 0 Å². The Bertz CT molecular complexity index is 246. The molecule has 0 bridgehead atoms. The molecule has 0 radical (unpaired) electrons. The number of hydrogen-bond donors (Lipinski definition) is 1. The van der Waals surface area contributed by atoms with Crippen LogP contribution in [-0.2, 0) is 4.79 Å². The van der Waals surface area contributed by atoms with Gasteiger partial charge in [0.15, 0.2) is 0 Å². The number of carbonyl (C=O) groups is 1. The van der Waals surface area contributed by atoms with E-state index < -0.39 is 0 Å². The second-order valence-corrected chi connectivity index (χ2v) is 2.63. The van der Waals surface area contributed by atoms with Gasteiger partial charge in [0.05, 0.1) is 6.20 Å². The molecule has 0 saturated carbocycles. The van der Waals surface area contributed by atoms with Crippen LogP contribution in [0.4, 0.5) is 0 Å². The largest absolute Gasteiger partial charge is 0.336 e. The average Bonchev–Trinajstić information content (AvgIpc) is 2.57. The van der Waals surface area contributed by atoms with Crippen molar-refractivity contribution >= 4 is 5.97 Å². The molecule has 1 aromatic heterocycles. The molecular formula is C8H13N3O2. The van der Waals surface area contributed by atoms with Gasteiger partial charge in [0.1, 0.15) is 6.33 Å². The zero-order valence-electron chi connectivity index (χ0n) is 7.35. The molecule has 0 unspecified atom stereocenters. The van der Waals surface area contributed by atoms with Crippen LogP contribution in [0.5, 0.6) is 0 Å². The van der Waals surface area contributed by atoms with Gasteiger partial charge in [-0.1, -0.05) is 0 Å². The Hall–Kier alpha value is -1.36. The number of rotatable bonds is 5. The molecule has 0 aliphatic heterocycles. The molecule has 1 aromatic rings. The quantitative estimate of drug-likeness (QED) is 0.650. The number of nitrogens with zero attached hydrogens (tertiary/aromatic N) is 2. The minimum atomic E-state index is -0.258. The number of unbranched alkanes of at least 4 members (excludes halogenated alkanes) is 1. The molecule has 0 fully saturated rings. The van der Waals surface area contributed by atoms with Crippen molar-refractivity contribution in [3.05, 3.63) is 18.7 Å². The lowest BCUT2D eigenvalue weighted by Gasteiger charge is -2.02. The van der Waals surface area contributed by atoms with Gasteiger partial charge in [0.2, 0.25) is 0 Å². The van der Waals surface area contributed by atoms with Crippen molar-refractivity contribution in [2.24, 2.45) is 5.73 Å². The van der Waals surface area contributed by atoms with Crippen molar-refractivity contribution < 1.29 is 9.63 Å². The normalized spacial score (nSPS) is 9.92. The second kappa shape index (κ2) is 5.31. The van der Waals surface area contributed by atoms with Gasteiger partial charge in [0, 0.05) is 12.6 Å². The summed E-state index contributed by atoms with van der Waals surface area (Å²) in [5, 5.41) is 0. The van der Waals surface area contributed by atoms with Gasteiger partial charge in [-0.3, -0.25) is 0 Å². The smallest absolute Gasteiger partial charge is 0.332 e. The van der Waals surface area contributed by atoms with Crippen molar-refractivity contribution in [2.45, 2.75) is 19.3 Å². The Morgan fingerprint density at radius 1 is 1.54 bits per heavy atom. The number of hydrogen-bond acceptors (Lipinski definition) is 4. The molecule has 13 heavy (non-hydrogen) atoms. The number of carbonyl (C=O) groups excluding carboxylic acids is 1. The first-order chi connectivity index (χ1) is 6.33. The molecule has 1 rings (SSSR count). The fraction of sp³-hybridized carbons (Fsp3) is 0.500. The third kappa shape index (κ3) is 3.71. The lowest BCUT2D eigenvalue weighted by atomic mass is 10.2. The Morgan fingerprint density at radius 2 is 2.38 bits per heavy atom. The van der Waals surface area contributed by atoms with Crippen molar-refractivity contribution in [2.75, 3.05) is 6.54 Å². The van der Waals surface area contributed by atoms with E-state index in [1.54, 1.807) is 12.4 Å². The Morgan fingerprint density at radius 3 is 3.00 bits per heavy atom. The molecule has 0 aromatic carbocycles. The second-order valence-electron chi connectivity index (χ2n) is 2.63. The maximum absolute atomic E-state index is 11.1. The van der Waals surface area contributed by atoms with Gasteiger partial charge in [-0.2, -0.15) is 4.73 Å². The standard InChI is InChI=1S/C8H13N3O2/c9-4-2-1-3-8(12)13-11-6-5-10-7-11/h5-7H,1-4,9H2. The van der Waals surface area contributed by atoms with E-state index in [0.29, 0.717) is 13.0 Å². The highest BCUT2D eigenvalue weighted by atomic mass is 16.7. The Balaban J connectivity index is 2.18. The topological polar surface area (TPSA) is 70.1 Å². The van der Waals surface area contributed by atoms with Crippen LogP contribution in [0.1, 0.15) is 19.3 Å². The van der Waals surface area contributed by atoms with Gasteiger partial charge in [0.25, 0.3) is 0 Å². The molecule has 5 heteroatoms. The van der Waals surface area contributed by atoms with Gasteiger partial charge in [-0.05, 0) is 19.4 Å². The van der Waals surface area contributed by atoms with Crippen LogP contribution in [0.15, 0.2) is 18.7 Å². The van der Waals surface area contributed by atoms with Gasteiger partial charge >= 0.3 is 5.97 Å². The Labute approximate surface area is 76.5 Å². The maximum Gasteiger partial charge on any atom is 0.332 e. The van der Waals surface area contributed by atoms with Crippen LogP contribution in [0.25, 0.3) is 0 Å². The molecule has 0 saturated heterocycles. The molecule has 0 amide bonds. The third-order valence-electron chi connectivity index (χ3n) is 1.52. The fourth-order valence-corrected chi connectivity index (χ4v) is 0.878. The van der Waals surface area contributed by atoms with E-state index in [-0.39, 0.29) is 5.97 Å². The van der Waals surface area contributed by atoms with Crippen molar-refractivity contribution in [1.29, 1.82) is 0 Å². The van der Waals surface area contributed by atoms with Gasteiger partial charge in [-0.15, -0.1) is 0 Å². The highest BCUT2D eigenvalue weighted by Crippen LogP contribution is 1.94. The predicted molar refractivity (Wildman–Crippen MR) is 46.7 cm³/mol. The highest BCUT2D eigenvalue weighted by Gasteiger charge is 2.02. The molecule has 0 aliphatic rings. The lowest BCUT2D eigenvalue weighted by Crippen LogP contribution is -2.18. The van der Waals surface area contributed by atoms with Crippen LogP contribution in [0, 0.1) is 0 Å². The first-order valence-corrected chi connectivity index (χ1v) is 4.22. The van der Waals surface area contributed by atoms with E-state index in [1.165, 1.54) is 11.1 Å². The van der Waals surface area contributed by atoms with Crippen LogP contribution in [0.3, 0.4) is 0 Å². The molecule has 0 atom stereocenters. The SMILES string of the molecule is NCCCCC(=O)On1ccnc1. The van der Waals surface area contributed by atoms with E-state index in [9.17, 15) is 4.79 Å². The molecule has 5 nitrogen and oxygen atoms in total. The summed E-state index contributed by atoms with van der Waals surface area (Å²) in [5.41, 5.74) is 5.28. The summed E-state index contributed by atoms with van der Waals surface area (Å²) >= 11 is 0.